The van der Waals surface area contributed by atoms with Crippen molar-refractivity contribution in [2.75, 3.05) is 18.5 Å². The van der Waals surface area contributed by atoms with Gasteiger partial charge in [0.15, 0.2) is 6.61 Å². The number of nitrogens with two attached hydrogens (primary N) is 1. The van der Waals surface area contributed by atoms with Crippen LogP contribution in [0.2, 0.25) is 5.02 Å². The average Bonchev–Trinajstić information content (AvgIpc) is 2.79. The topological polar surface area (TPSA) is 124 Å². The Kier molecular flexibility index (Phi) is 8.05. The van der Waals surface area contributed by atoms with Crippen molar-refractivity contribution in [3.8, 4) is 11.8 Å². The first-order valence-corrected chi connectivity index (χ1v) is 11.3. The first-order valence-electron chi connectivity index (χ1n) is 10.9. The lowest BCUT2D eigenvalue weighted by Crippen LogP contribution is -2.25. The Morgan fingerprint density at radius 2 is 1.94 bits per heavy atom. The number of esters is 1. The van der Waals surface area contributed by atoms with Gasteiger partial charge in [0.1, 0.15) is 23.2 Å². The van der Waals surface area contributed by atoms with Gasteiger partial charge in [-0.3, -0.25) is 4.79 Å². The summed E-state index contributed by atoms with van der Waals surface area (Å²) in [5, 5.41) is 12.7. The number of rotatable bonds is 7. The number of hydrogen-bond donors (Lipinski definition) is 2. The van der Waals surface area contributed by atoms with Gasteiger partial charge in [-0.15, -0.1) is 0 Å². The fraction of sp³-hybridized carbons (Fsp3) is 0.269. The molecule has 0 spiro atoms. The molecule has 0 saturated heterocycles. The van der Waals surface area contributed by atoms with Crippen molar-refractivity contribution < 1.29 is 23.8 Å². The van der Waals surface area contributed by atoms with Gasteiger partial charge in [-0.25, -0.2) is 4.79 Å². The summed E-state index contributed by atoms with van der Waals surface area (Å²) in [6.45, 7) is 7.04. The molecule has 1 heterocycles. The van der Waals surface area contributed by atoms with E-state index in [0.717, 1.165) is 11.1 Å². The number of nitrogens with zero attached hydrogens (tertiary/aromatic N) is 1. The van der Waals surface area contributed by atoms with E-state index in [9.17, 15) is 14.9 Å². The van der Waals surface area contributed by atoms with E-state index in [2.05, 4.69) is 5.32 Å². The molecule has 1 atom stereocenters. The summed E-state index contributed by atoms with van der Waals surface area (Å²) >= 11 is 6.44. The second-order valence-corrected chi connectivity index (χ2v) is 8.37. The average molecular weight is 496 g/mol. The number of benzene rings is 2. The van der Waals surface area contributed by atoms with Crippen molar-refractivity contribution in [2.45, 2.75) is 33.6 Å². The second-order valence-electron chi connectivity index (χ2n) is 7.96. The summed E-state index contributed by atoms with van der Waals surface area (Å²) in [5.41, 5.74) is 9.41. The van der Waals surface area contributed by atoms with Gasteiger partial charge >= 0.3 is 5.97 Å². The van der Waals surface area contributed by atoms with Crippen LogP contribution in [0.15, 0.2) is 59.2 Å². The molecule has 0 saturated carbocycles. The van der Waals surface area contributed by atoms with Gasteiger partial charge in [0, 0.05) is 5.69 Å². The molecule has 0 fully saturated rings. The Bertz CT molecular complexity index is 1280. The number of hydrogen-bond acceptors (Lipinski definition) is 7. The van der Waals surface area contributed by atoms with E-state index >= 15 is 0 Å². The number of allylic oxidation sites excluding steroid dienone is 2. The molecular weight excluding hydrogens is 470 g/mol. The molecular formula is C26H26ClN3O5. The monoisotopic (exact) mass is 495 g/mol. The van der Waals surface area contributed by atoms with Gasteiger partial charge in [-0.05, 0) is 57.0 Å². The maximum Gasteiger partial charge on any atom is 0.338 e. The summed E-state index contributed by atoms with van der Waals surface area (Å²) in [6, 6.07) is 12.5. The van der Waals surface area contributed by atoms with Gasteiger partial charge in [-0.1, -0.05) is 35.4 Å². The van der Waals surface area contributed by atoms with Crippen LogP contribution in [-0.4, -0.2) is 25.1 Å². The number of nitrogens with one attached hydrogen (secondary N) is 1. The van der Waals surface area contributed by atoms with Crippen LogP contribution in [0.4, 0.5) is 5.69 Å². The lowest BCUT2D eigenvalue weighted by molar-refractivity contribution is -0.139. The van der Waals surface area contributed by atoms with E-state index in [1.807, 2.05) is 38.1 Å². The number of anilines is 1. The summed E-state index contributed by atoms with van der Waals surface area (Å²) in [4.78, 5) is 25.0. The molecule has 0 aromatic heterocycles. The number of ether oxygens (including phenoxy) is 3. The maximum atomic E-state index is 12.6. The van der Waals surface area contributed by atoms with Crippen molar-refractivity contribution in [3.63, 3.8) is 0 Å². The summed E-state index contributed by atoms with van der Waals surface area (Å²) in [7, 11) is 0. The Balaban J connectivity index is 1.81. The molecule has 182 valence electrons. The molecule has 1 unspecified atom stereocenters. The Labute approximate surface area is 208 Å². The maximum absolute atomic E-state index is 12.6. The quantitative estimate of drug-likeness (QED) is 0.537. The highest BCUT2D eigenvalue weighted by Gasteiger charge is 2.36. The van der Waals surface area contributed by atoms with Crippen molar-refractivity contribution in [1.82, 2.24) is 0 Å². The highest BCUT2D eigenvalue weighted by Crippen LogP contribution is 2.41. The highest BCUT2D eigenvalue weighted by molar-refractivity contribution is 6.32. The van der Waals surface area contributed by atoms with Crippen molar-refractivity contribution in [3.05, 3.63) is 80.9 Å². The third kappa shape index (κ3) is 5.76. The van der Waals surface area contributed by atoms with Gasteiger partial charge in [0.25, 0.3) is 5.91 Å². The molecule has 2 aromatic carbocycles. The predicted octanol–water partition coefficient (Wildman–Crippen LogP) is 4.62. The van der Waals surface area contributed by atoms with E-state index in [-0.39, 0.29) is 52.7 Å². The van der Waals surface area contributed by atoms with Crippen LogP contribution in [-0.2, 0) is 19.1 Å². The van der Waals surface area contributed by atoms with Gasteiger partial charge < -0.3 is 25.3 Å². The molecule has 1 aliphatic rings. The van der Waals surface area contributed by atoms with Crippen molar-refractivity contribution in [1.29, 1.82) is 5.26 Å². The van der Waals surface area contributed by atoms with Crippen molar-refractivity contribution in [2.24, 2.45) is 5.73 Å². The van der Waals surface area contributed by atoms with Crippen LogP contribution < -0.4 is 15.8 Å². The lowest BCUT2D eigenvalue weighted by Gasteiger charge is -2.27. The fourth-order valence-electron chi connectivity index (χ4n) is 3.79. The summed E-state index contributed by atoms with van der Waals surface area (Å²) in [5.74, 6) is -1.37. The van der Waals surface area contributed by atoms with Crippen LogP contribution in [0.3, 0.4) is 0 Å². The number of amides is 1. The molecule has 3 rings (SSSR count). The molecule has 3 N–H and O–H groups in total. The van der Waals surface area contributed by atoms with E-state index < -0.39 is 11.9 Å². The zero-order valence-corrected chi connectivity index (χ0v) is 20.7. The smallest absolute Gasteiger partial charge is 0.338 e. The normalized spacial score (nSPS) is 15.3. The zero-order chi connectivity index (χ0) is 25.7. The van der Waals surface area contributed by atoms with E-state index in [0.29, 0.717) is 11.3 Å². The standard InChI is InChI=1S/C26H26ClN3O5/c1-5-33-26(32)23-16(4)35-25(29)18(12-28)24(23)17-7-9-21(19(27)11-17)34-13-22(31)30-20-8-6-14(2)10-15(20)3/h6-11,24H,5,13,29H2,1-4H3,(H,30,31). The van der Waals surface area contributed by atoms with Crippen LogP contribution >= 0.6 is 11.6 Å². The largest absolute Gasteiger partial charge is 0.482 e. The highest BCUT2D eigenvalue weighted by atomic mass is 35.5. The van der Waals surface area contributed by atoms with E-state index in [1.165, 1.54) is 0 Å². The number of aryl methyl sites for hydroxylation is 2. The Hall–Kier alpha value is -3.96. The van der Waals surface area contributed by atoms with Gasteiger partial charge in [-0.2, -0.15) is 5.26 Å². The van der Waals surface area contributed by atoms with E-state index in [4.69, 9.17) is 31.5 Å². The first kappa shape index (κ1) is 25.7. The third-order valence-electron chi connectivity index (χ3n) is 5.40. The van der Waals surface area contributed by atoms with Gasteiger partial charge in [0.05, 0.1) is 23.1 Å². The first-order chi connectivity index (χ1) is 16.7. The molecule has 0 radical (unpaired) electrons. The molecule has 1 aliphatic heterocycles. The Morgan fingerprint density at radius 3 is 2.57 bits per heavy atom. The number of halogens is 1. The lowest BCUT2D eigenvalue weighted by atomic mass is 9.83. The molecule has 9 heteroatoms. The molecule has 35 heavy (non-hydrogen) atoms. The van der Waals surface area contributed by atoms with Gasteiger partial charge in [0.2, 0.25) is 5.88 Å². The number of carbonyl (C=O) groups is 2. The molecule has 0 aliphatic carbocycles. The second kappa shape index (κ2) is 11.0. The van der Waals surface area contributed by atoms with Crippen LogP contribution in [0.1, 0.15) is 36.5 Å². The Morgan fingerprint density at radius 1 is 1.20 bits per heavy atom. The molecule has 2 aromatic rings. The summed E-state index contributed by atoms with van der Waals surface area (Å²) < 4.78 is 16.2. The minimum Gasteiger partial charge on any atom is -0.482 e. The summed E-state index contributed by atoms with van der Waals surface area (Å²) in [6.07, 6.45) is 0. The SMILES string of the molecule is CCOC(=O)C1=C(C)OC(N)=C(C#N)C1c1ccc(OCC(=O)Nc2ccc(C)cc2C)c(Cl)c1. The third-order valence-corrected chi connectivity index (χ3v) is 5.70. The number of carbonyl (C=O) groups excluding carboxylic acids is 2. The fourth-order valence-corrected chi connectivity index (χ4v) is 4.03. The minimum absolute atomic E-state index is 0.0660. The van der Waals surface area contributed by atoms with Crippen LogP contribution in [0.5, 0.6) is 5.75 Å². The van der Waals surface area contributed by atoms with Crippen LogP contribution in [0.25, 0.3) is 0 Å². The number of nitriles is 1. The minimum atomic E-state index is -0.827. The van der Waals surface area contributed by atoms with Crippen molar-refractivity contribution >= 4 is 29.2 Å². The predicted molar refractivity (Wildman–Crippen MR) is 131 cm³/mol. The molecule has 1 amide bonds. The zero-order valence-electron chi connectivity index (χ0n) is 19.9. The van der Waals surface area contributed by atoms with Crippen LogP contribution in [0, 0.1) is 25.2 Å². The molecule has 0 bridgehead atoms. The molecule has 8 nitrogen and oxygen atoms in total. The van der Waals surface area contributed by atoms with E-state index in [1.54, 1.807) is 32.0 Å².